The van der Waals surface area contributed by atoms with E-state index < -0.39 is 5.60 Å². The fourth-order valence-corrected chi connectivity index (χ4v) is 5.03. The first kappa shape index (κ1) is 22.2. The van der Waals surface area contributed by atoms with Gasteiger partial charge in [0.25, 0.3) is 0 Å². The van der Waals surface area contributed by atoms with E-state index >= 15 is 0 Å². The van der Waals surface area contributed by atoms with E-state index in [1.54, 1.807) is 11.3 Å². The summed E-state index contributed by atoms with van der Waals surface area (Å²) in [4.78, 5) is 29.8. The second-order valence-electron chi connectivity index (χ2n) is 9.09. The molecule has 4 heterocycles. The molecule has 2 aromatic heterocycles. The van der Waals surface area contributed by atoms with Gasteiger partial charge in [-0.25, -0.2) is 14.8 Å². The minimum atomic E-state index is -0.456. The molecule has 0 unspecified atom stereocenters. The van der Waals surface area contributed by atoms with Crippen molar-refractivity contribution in [2.75, 3.05) is 57.4 Å². The number of hydrogen-bond acceptors (Lipinski definition) is 8. The summed E-state index contributed by atoms with van der Waals surface area (Å²) in [5.74, 6) is 1.94. The molecule has 0 aliphatic carbocycles. The third-order valence-electron chi connectivity index (χ3n) is 5.48. The van der Waals surface area contributed by atoms with Crippen LogP contribution in [0.4, 0.5) is 10.6 Å². The van der Waals surface area contributed by atoms with Crippen LogP contribution in [0.3, 0.4) is 0 Å². The van der Waals surface area contributed by atoms with Gasteiger partial charge in [0.1, 0.15) is 11.4 Å². The standard InChI is InChI=1S/C22H33N5O3S/c1-5-18-23-17-14-16(31-19(17)20(24-18)26-10-12-29-13-11-26)15-25-6-8-27(9-7-25)21(28)30-22(2,3)4/h14H,5-13,15H2,1-4H3. The van der Waals surface area contributed by atoms with Crippen LogP contribution >= 0.6 is 11.3 Å². The van der Waals surface area contributed by atoms with Gasteiger partial charge in [-0.1, -0.05) is 6.92 Å². The zero-order chi connectivity index (χ0) is 22.0. The molecule has 170 valence electrons. The Morgan fingerprint density at radius 2 is 1.84 bits per heavy atom. The van der Waals surface area contributed by atoms with Crippen LogP contribution in [0.25, 0.3) is 10.2 Å². The minimum Gasteiger partial charge on any atom is -0.444 e. The number of morpholine rings is 1. The molecule has 4 rings (SSSR count). The molecule has 1 amide bonds. The Labute approximate surface area is 188 Å². The molecule has 0 bridgehead atoms. The van der Waals surface area contributed by atoms with E-state index in [0.29, 0.717) is 13.1 Å². The fraction of sp³-hybridized carbons (Fsp3) is 0.682. The molecule has 2 aromatic rings. The van der Waals surface area contributed by atoms with Crippen LogP contribution in [0.5, 0.6) is 0 Å². The van der Waals surface area contributed by atoms with Crippen molar-refractivity contribution in [3.05, 3.63) is 16.8 Å². The van der Waals surface area contributed by atoms with Crippen LogP contribution in [0.15, 0.2) is 6.07 Å². The fourth-order valence-electron chi connectivity index (χ4n) is 3.87. The molecule has 0 radical (unpaired) electrons. The number of aromatic nitrogens is 2. The molecule has 0 atom stereocenters. The number of rotatable bonds is 4. The second-order valence-corrected chi connectivity index (χ2v) is 10.2. The van der Waals surface area contributed by atoms with Crippen molar-refractivity contribution in [1.29, 1.82) is 0 Å². The van der Waals surface area contributed by atoms with Crippen LogP contribution in [0.1, 0.15) is 38.4 Å². The zero-order valence-corrected chi connectivity index (χ0v) is 19.8. The second kappa shape index (κ2) is 9.26. The first-order chi connectivity index (χ1) is 14.8. The molecule has 9 heteroatoms. The third kappa shape index (κ3) is 5.45. The number of fused-ring (bicyclic) bond motifs is 1. The average Bonchev–Trinajstić information content (AvgIpc) is 3.15. The lowest BCUT2D eigenvalue weighted by Gasteiger charge is -2.35. The number of anilines is 1. The van der Waals surface area contributed by atoms with Gasteiger partial charge in [0, 0.05) is 57.1 Å². The topological polar surface area (TPSA) is 71.0 Å². The van der Waals surface area contributed by atoms with Crippen molar-refractivity contribution >= 4 is 33.5 Å². The monoisotopic (exact) mass is 447 g/mol. The summed E-state index contributed by atoms with van der Waals surface area (Å²) >= 11 is 1.79. The van der Waals surface area contributed by atoms with E-state index in [9.17, 15) is 4.79 Å². The Balaban J connectivity index is 1.44. The predicted molar refractivity (Wildman–Crippen MR) is 123 cm³/mol. The van der Waals surface area contributed by atoms with Gasteiger partial charge in [0.05, 0.1) is 23.4 Å². The summed E-state index contributed by atoms with van der Waals surface area (Å²) in [5, 5.41) is 0. The molecule has 0 spiro atoms. The van der Waals surface area contributed by atoms with Crippen molar-refractivity contribution in [3.63, 3.8) is 0 Å². The molecule has 2 aliphatic rings. The van der Waals surface area contributed by atoms with Crippen molar-refractivity contribution < 1.29 is 14.3 Å². The Morgan fingerprint density at radius 3 is 2.48 bits per heavy atom. The maximum atomic E-state index is 12.3. The molecule has 31 heavy (non-hydrogen) atoms. The molecular formula is C22H33N5O3S. The summed E-state index contributed by atoms with van der Waals surface area (Å²) in [6, 6.07) is 2.21. The van der Waals surface area contributed by atoms with Gasteiger partial charge in [-0.3, -0.25) is 4.90 Å². The summed E-state index contributed by atoms with van der Waals surface area (Å²) in [5.41, 5.74) is 0.586. The van der Waals surface area contributed by atoms with E-state index in [0.717, 1.165) is 69.5 Å². The van der Waals surface area contributed by atoms with Crippen LogP contribution in [0.2, 0.25) is 0 Å². The number of amides is 1. The lowest BCUT2D eigenvalue weighted by atomic mass is 10.2. The van der Waals surface area contributed by atoms with Crippen molar-refractivity contribution in [3.8, 4) is 0 Å². The molecule has 2 fully saturated rings. The highest BCUT2D eigenvalue weighted by atomic mass is 32.1. The molecular weight excluding hydrogens is 414 g/mol. The number of piperazine rings is 1. The Bertz CT molecular complexity index is 912. The van der Waals surface area contributed by atoms with E-state index in [-0.39, 0.29) is 6.09 Å². The van der Waals surface area contributed by atoms with Crippen molar-refractivity contribution in [1.82, 2.24) is 19.8 Å². The lowest BCUT2D eigenvalue weighted by Crippen LogP contribution is -2.49. The largest absolute Gasteiger partial charge is 0.444 e. The van der Waals surface area contributed by atoms with Crippen LogP contribution in [-0.2, 0) is 22.4 Å². The molecule has 8 nitrogen and oxygen atoms in total. The van der Waals surface area contributed by atoms with Gasteiger partial charge in [0.2, 0.25) is 0 Å². The highest BCUT2D eigenvalue weighted by Gasteiger charge is 2.26. The Hall–Kier alpha value is -1.97. The quantitative estimate of drug-likeness (QED) is 0.713. The number of carbonyl (C=O) groups excluding carboxylic acids is 1. The van der Waals surface area contributed by atoms with Crippen LogP contribution < -0.4 is 4.90 Å². The number of hydrogen-bond donors (Lipinski definition) is 0. The van der Waals surface area contributed by atoms with E-state index in [1.165, 1.54) is 9.58 Å². The number of ether oxygens (including phenoxy) is 2. The molecule has 2 saturated heterocycles. The number of nitrogens with zero attached hydrogens (tertiary/aromatic N) is 5. The summed E-state index contributed by atoms with van der Waals surface area (Å²) in [7, 11) is 0. The smallest absolute Gasteiger partial charge is 0.410 e. The first-order valence-corrected chi connectivity index (χ1v) is 12.0. The number of thiophene rings is 1. The Kier molecular flexibility index (Phi) is 6.64. The maximum absolute atomic E-state index is 12.3. The van der Waals surface area contributed by atoms with Gasteiger partial charge >= 0.3 is 6.09 Å². The molecule has 0 N–H and O–H groups in total. The van der Waals surface area contributed by atoms with Crippen molar-refractivity contribution in [2.45, 2.75) is 46.3 Å². The average molecular weight is 448 g/mol. The highest BCUT2D eigenvalue weighted by Crippen LogP contribution is 2.33. The van der Waals surface area contributed by atoms with Gasteiger partial charge in [-0.15, -0.1) is 11.3 Å². The number of aryl methyl sites for hydroxylation is 1. The van der Waals surface area contributed by atoms with E-state index in [1.807, 2.05) is 25.7 Å². The van der Waals surface area contributed by atoms with E-state index in [2.05, 4.69) is 22.8 Å². The van der Waals surface area contributed by atoms with Crippen molar-refractivity contribution in [2.24, 2.45) is 0 Å². The minimum absolute atomic E-state index is 0.216. The summed E-state index contributed by atoms with van der Waals surface area (Å²) < 4.78 is 12.2. The zero-order valence-electron chi connectivity index (χ0n) is 19.0. The normalized spacial score (nSPS) is 18.6. The van der Waals surface area contributed by atoms with E-state index in [4.69, 9.17) is 19.4 Å². The Morgan fingerprint density at radius 1 is 1.13 bits per heavy atom. The SMILES string of the molecule is CCc1nc(N2CCOCC2)c2sc(CN3CCN(C(=O)OC(C)(C)C)CC3)cc2n1. The van der Waals surface area contributed by atoms with Gasteiger partial charge in [-0.2, -0.15) is 0 Å². The summed E-state index contributed by atoms with van der Waals surface area (Å²) in [6.07, 6.45) is 0.608. The molecule has 2 aliphatic heterocycles. The predicted octanol–water partition coefficient (Wildman–Crippen LogP) is 3.14. The maximum Gasteiger partial charge on any atom is 0.410 e. The first-order valence-electron chi connectivity index (χ1n) is 11.1. The highest BCUT2D eigenvalue weighted by molar-refractivity contribution is 7.19. The van der Waals surface area contributed by atoms with Gasteiger partial charge in [-0.05, 0) is 26.8 Å². The van der Waals surface area contributed by atoms with Gasteiger partial charge < -0.3 is 19.3 Å². The van der Waals surface area contributed by atoms with Crippen LogP contribution in [0, 0.1) is 0 Å². The third-order valence-corrected chi connectivity index (χ3v) is 6.59. The lowest BCUT2D eigenvalue weighted by molar-refractivity contribution is 0.0140. The van der Waals surface area contributed by atoms with Gasteiger partial charge in [0.15, 0.2) is 5.82 Å². The number of carbonyl (C=O) groups is 1. The molecule has 0 saturated carbocycles. The van der Waals surface area contributed by atoms with Crippen LogP contribution in [-0.4, -0.2) is 83.9 Å². The molecule has 0 aromatic carbocycles. The summed E-state index contributed by atoms with van der Waals surface area (Å²) in [6.45, 7) is 15.0.